The topological polar surface area (TPSA) is 50.8 Å². The van der Waals surface area contributed by atoms with Crippen molar-refractivity contribution < 1.29 is 4.74 Å². The first-order valence-corrected chi connectivity index (χ1v) is 6.68. The number of aromatic amines is 1. The lowest BCUT2D eigenvalue weighted by atomic mass is 10.2. The number of aryl methyl sites for hydroxylation is 1. The lowest BCUT2D eigenvalue weighted by Gasteiger charge is -2.03. The van der Waals surface area contributed by atoms with E-state index in [-0.39, 0.29) is 0 Å². The standard InChI is InChI=1S/C13H13N3OS/c1-3-17-11-7-18-8(2)12(11)13-15-9-4-5-14-6-10(9)16-13/h4-7H,3H2,1-2H3,(H,15,16). The molecular weight excluding hydrogens is 246 g/mol. The van der Waals surface area contributed by atoms with E-state index in [0.717, 1.165) is 28.2 Å². The molecule has 0 aliphatic heterocycles. The maximum absolute atomic E-state index is 5.64. The molecule has 92 valence electrons. The normalized spacial score (nSPS) is 11.0. The van der Waals surface area contributed by atoms with E-state index in [1.165, 1.54) is 4.88 Å². The van der Waals surface area contributed by atoms with Gasteiger partial charge in [0.25, 0.3) is 0 Å². The van der Waals surface area contributed by atoms with Gasteiger partial charge >= 0.3 is 0 Å². The number of fused-ring (bicyclic) bond motifs is 1. The summed E-state index contributed by atoms with van der Waals surface area (Å²) in [5.74, 6) is 1.74. The Labute approximate surface area is 109 Å². The van der Waals surface area contributed by atoms with E-state index in [2.05, 4.69) is 21.9 Å². The zero-order valence-corrected chi connectivity index (χ0v) is 11.0. The molecule has 3 aromatic heterocycles. The second-order valence-corrected chi connectivity index (χ2v) is 5.03. The molecule has 5 heteroatoms. The Bertz CT molecular complexity index is 653. The third-order valence-corrected chi connectivity index (χ3v) is 3.65. The Morgan fingerprint density at radius 2 is 2.33 bits per heavy atom. The molecule has 18 heavy (non-hydrogen) atoms. The van der Waals surface area contributed by atoms with Crippen molar-refractivity contribution in [2.45, 2.75) is 13.8 Å². The number of ether oxygens (including phenoxy) is 1. The summed E-state index contributed by atoms with van der Waals surface area (Å²) in [6.07, 6.45) is 3.53. The molecule has 0 aromatic carbocycles. The van der Waals surface area contributed by atoms with Gasteiger partial charge in [0, 0.05) is 16.5 Å². The highest BCUT2D eigenvalue weighted by Gasteiger charge is 2.15. The monoisotopic (exact) mass is 259 g/mol. The van der Waals surface area contributed by atoms with Crippen LogP contribution in [0.2, 0.25) is 0 Å². The summed E-state index contributed by atoms with van der Waals surface area (Å²) in [4.78, 5) is 13.2. The van der Waals surface area contributed by atoms with E-state index in [1.54, 1.807) is 23.7 Å². The van der Waals surface area contributed by atoms with Crippen LogP contribution in [-0.2, 0) is 0 Å². The van der Waals surface area contributed by atoms with Gasteiger partial charge in [0.15, 0.2) is 0 Å². The number of nitrogens with zero attached hydrogens (tertiary/aromatic N) is 2. The molecule has 3 aromatic rings. The Morgan fingerprint density at radius 1 is 1.44 bits per heavy atom. The quantitative estimate of drug-likeness (QED) is 0.784. The summed E-state index contributed by atoms with van der Waals surface area (Å²) in [7, 11) is 0. The molecule has 0 aliphatic carbocycles. The van der Waals surface area contributed by atoms with Gasteiger partial charge in [-0.1, -0.05) is 0 Å². The Balaban J connectivity index is 2.16. The van der Waals surface area contributed by atoms with Crippen LogP contribution in [0.3, 0.4) is 0 Å². The molecule has 0 spiro atoms. The van der Waals surface area contributed by atoms with Crippen molar-refractivity contribution in [3.05, 3.63) is 28.7 Å². The number of nitrogens with one attached hydrogen (secondary N) is 1. The van der Waals surface area contributed by atoms with Gasteiger partial charge in [-0.25, -0.2) is 4.98 Å². The van der Waals surface area contributed by atoms with E-state index in [4.69, 9.17) is 4.74 Å². The van der Waals surface area contributed by atoms with Crippen LogP contribution >= 0.6 is 11.3 Å². The van der Waals surface area contributed by atoms with Gasteiger partial charge in [0.05, 0.1) is 29.4 Å². The molecule has 4 nitrogen and oxygen atoms in total. The number of imidazole rings is 1. The minimum absolute atomic E-state index is 0.658. The summed E-state index contributed by atoms with van der Waals surface area (Å²) in [6.45, 7) is 4.72. The molecule has 0 aliphatic rings. The Morgan fingerprint density at radius 3 is 3.11 bits per heavy atom. The molecule has 3 heterocycles. The van der Waals surface area contributed by atoms with Crippen molar-refractivity contribution in [1.82, 2.24) is 15.0 Å². The van der Waals surface area contributed by atoms with Crippen molar-refractivity contribution in [3.8, 4) is 17.1 Å². The fourth-order valence-corrected chi connectivity index (χ4v) is 2.74. The van der Waals surface area contributed by atoms with Crippen molar-refractivity contribution in [2.75, 3.05) is 6.61 Å². The number of rotatable bonds is 3. The molecule has 0 unspecified atom stereocenters. The summed E-state index contributed by atoms with van der Waals surface area (Å²) >= 11 is 1.68. The number of hydrogen-bond donors (Lipinski definition) is 1. The second-order valence-electron chi connectivity index (χ2n) is 3.94. The fourth-order valence-electron chi connectivity index (χ4n) is 1.95. The highest BCUT2D eigenvalue weighted by Crippen LogP contribution is 2.37. The fraction of sp³-hybridized carbons (Fsp3) is 0.231. The van der Waals surface area contributed by atoms with Crippen molar-refractivity contribution in [1.29, 1.82) is 0 Å². The molecule has 0 saturated carbocycles. The maximum Gasteiger partial charge on any atom is 0.143 e. The van der Waals surface area contributed by atoms with Crippen LogP contribution in [0.5, 0.6) is 5.75 Å². The Hall–Kier alpha value is -1.88. The third-order valence-electron chi connectivity index (χ3n) is 2.76. The summed E-state index contributed by atoms with van der Waals surface area (Å²) in [5, 5.41) is 2.03. The number of H-pyrrole nitrogens is 1. The maximum atomic E-state index is 5.64. The van der Waals surface area contributed by atoms with Gasteiger partial charge < -0.3 is 9.72 Å². The molecule has 0 radical (unpaired) electrons. The minimum Gasteiger partial charge on any atom is -0.492 e. The molecular formula is C13H13N3OS. The van der Waals surface area contributed by atoms with E-state index in [9.17, 15) is 0 Å². The van der Waals surface area contributed by atoms with Gasteiger partial charge in [-0.3, -0.25) is 4.98 Å². The molecule has 0 saturated heterocycles. The molecule has 3 rings (SSSR count). The van der Waals surface area contributed by atoms with E-state index in [1.807, 2.05) is 18.4 Å². The van der Waals surface area contributed by atoms with E-state index >= 15 is 0 Å². The first-order chi connectivity index (χ1) is 8.79. The predicted octanol–water partition coefficient (Wildman–Crippen LogP) is 3.39. The lowest BCUT2D eigenvalue weighted by Crippen LogP contribution is -1.92. The predicted molar refractivity (Wildman–Crippen MR) is 73.1 cm³/mol. The van der Waals surface area contributed by atoms with Crippen LogP contribution < -0.4 is 4.74 Å². The lowest BCUT2D eigenvalue weighted by molar-refractivity contribution is 0.343. The SMILES string of the molecule is CCOc1csc(C)c1-c1nc2ccncc2[nH]1. The molecule has 0 amide bonds. The molecule has 1 N–H and O–H groups in total. The first-order valence-electron chi connectivity index (χ1n) is 5.80. The number of thiophene rings is 1. The van der Waals surface area contributed by atoms with Crippen LogP contribution in [0.25, 0.3) is 22.4 Å². The van der Waals surface area contributed by atoms with Crippen LogP contribution in [-0.4, -0.2) is 21.6 Å². The van der Waals surface area contributed by atoms with Crippen LogP contribution in [0.1, 0.15) is 11.8 Å². The molecule has 0 fully saturated rings. The minimum atomic E-state index is 0.658. The number of hydrogen-bond acceptors (Lipinski definition) is 4. The average molecular weight is 259 g/mol. The van der Waals surface area contributed by atoms with Gasteiger partial charge in [-0.05, 0) is 19.9 Å². The zero-order chi connectivity index (χ0) is 12.5. The van der Waals surface area contributed by atoms with Gasteiger partial charge in [-0.15, -0.1) is 11.3 Å². The van der Waals surface area contributed by atoms with Crippen LogP contribution in [0.15, 0.2) is 23.8 Å². The van der Waals surface area contributed by atoms with Crippen LogP contribution in [0, 0.1) is 6.92 Å². The summed E-state index contributed by atoms with van der Waals surface area (Å²) < 4.78 is 5.64. The highest BCUT2D eigenvalue weighted by atomic mass is 32.1. The Kier molecular flexibility index (Phi) is 2.76. The number of aromatic nitrogens is 3. The average Bonchev–Trinajstić information content (AvgIpc) is 2.93. The first kappa shape index (κ1) is 11.2. The number of pyridine rings is 1. The van der Waals surface area contributed by atoms with Crippen molar-refractivity contribution >= 4 is 22.4 Å². The summed E-state index contributed by atoms with van der Waals surface area (Å²) in [6, 6.07) is 1.90. The van der Waals surface area contributed by atoms with E-state index in [0.29, 0.717) is 6.61 Å². The largest absolute Gasteiger partial charge is 0.492 e. The van der Waals surface area contributed by atoms with Crippen LogP contribution in [0.4, 0.5) is 0 Å². The molecule has 0 atom stereocenters. The highest BCUT2D eigenvalue weighted by molar-refractivity contribution is 7.10. The van der Waals surface area contributed by atoms with Crippen molar-refractivity contribution in [3.63, 3.8) is 0 Å². The third kappa shape index (κ3) is 1.76. The van der Waals surface area contributed by atoms with Gasteiger partial charge in [0.1, 0.15) is 11.6 Å². The zero-order valence-electron chi connectivity index (χ0n) is 10.2. The van der Waals surface area contributed by atoms with Gasteiger partial charge in [0.2, 0.25) is 0 Å². The smallest absolute Gasteiger partial charge is 0.143 e. The second kappa shape index (κ2) is 4.42. The van der Waals surface area contributed by atoms with Crippen molar-refractivity contribution in [2.24, 2.45) is 0 Å². The summed E-state index contributed by atoms with van der Waals surface area (Å²) in [5.41, 5.74) is 2.92. The van der Waals surface area contributed by atoms with Gasteiger partial charge in [-0.2, -0.15) is 0 Å². The van der Waals surface area contributed by atoms with E-state index < -0.39 is 0 Å². The molecule has 0 bridgehead atoms.